The number of ether oxygens (including phenoxy) is 4. The fraction of sp³-hybridized carbons (Fsp3) is 0.806. The molecule has 0 rings (SSSR count). The second kappa shape index (κ2) is 23.5. The Morgan fingerprint density at radius 2 is 1.30 bits per heavy atom. The van der Waals surface area contributed by atoms with Gasteiger partial charge in [0.2, 0.25) is 9.76 Å². The highest BCUT2D eigenvalue weighted by atomic mass is 28.5. The minimum Gasteiger partial charge on any atom is -0.509 e. The Labute approximate surface area is 345 Å². The Balaban J connectivity index is 6.61. The van der Waals surface area contributed by atoms with Gasteiger partial charge in [0.1, 0.15) is 12.4 Å². The van der Waals surface area contributed by atoms with Gasteiger partial charge in [0.05, 0.1) is 38.6 Å². The average molecular weight is 901 g/mol. The second-order valence-corrected chi connectivity index (χ2v) is 41.9. The predicted octanol–water partition coefficient (Wildman–Crippen LogP) is 6.49. The highest BCUT2D eigenvalue weighted by molar-refractivity contribution is 6.88. The first-order valence-electron chi connectivity index (χ1n) is 19.5. The molecule has 0 radical (unpaired) electrons. The van der Waals surface area contributed by atoms with Gasteiger partial charge in [-0.1, -0.05) is 13.2 Å². The van der Waals surface area contributed by atoms with Crippen molar-refractivity contribution in [2.24, 2.45) is 0 Å². The van der Waals surface area contributed by atoms with Crippen LogP contribution >= 0.6 is 0 Å². The summed E-state index contributed by atoms with van der Waals surface area (Å²) in [4.78, 5) is 38.7. The van der Waals surface area contributed by atoms with Crippen LogP contribution in [0.25, 0.3) is 0 Å². The summed E-state index contributed by atoms with van der Waals surface area (Å²) in [5.74, 6) is -2.18. The van der Waals surface area contributed by atoms with E-state index in [9.17, 15) is 19.5 Å². The van der Waals surface area contributed by atoms with Crippen LogP contribution in [0.3, 0.4) is 0 Å². The van der Waals surface area contributed by atoms with E-state index in [1.54, 1.807) is 6.92 Å². The molecule has 0 aliphatic carbocycles. The van der Waals surface area contributed by atoms with Gasteiger partial charge in [-0.2, -0.15) is 0 Å². The number of esters is 2. The van der Waals surface area contributed by atoms with Crippen molar-refractivity contribution in [3.63, 3.8) is 0 Å². The summed E-state index contributed by atoms with van der Waals surface area (Å²) in [5, 5.41) is 11.8. The summed E-state index contributed by atoms with van der Waals surface area (Å²) in [6.45, 7) is 42.0. The molecule has 0 heterocycles. The van der Waals surface area contributed by atoms with Crippen LogP contribution in [-0.2, 0) is 50.0 Å². The monoisotopic (exact) mass is 899 g/mol. The molecule has 0 aromatic heterocycles. The molecule has 4 atom stereocenters. The zero-order chi connectivity index (χ0) is 43.9. The van der Waals surface area contributed by atoms with E-state index in [1.807, 2.05) is 27.3 Å². The zero-order valence-corrected chi connectivity index (χ0v) is 44.1. The molecule has 0 aromatic carbocycles. The first-order valence-corrected chi connectivity index (χ1v) is 36.9. The number of carbonyl (C=O) groups is 3. The Bertz CT molecular complexity index is 1250. The zero-order valence-electron chi connectivity index (χ0n) is 37.7. The first-order chi connectivity index (χ1) is 25.2. The molecule has 1 amide bonds. The third kappa shape index (κ3) is 25.3. The Morgan fingerprint density at radius 3 is 1.75 bits per heavy atom. The van der Waals surface area contributed by atoms with Crippen molar-refractivity contribution in [3.8, 4) is 0 Å². The summed E-state index contributed by atoms with van der Waals surface area (Å²) in [7, 11) is -13.8. The molecule has 4 unspecified atom stereocenters. The van der Waals surface area contributed by atoms with E-state index in [-0.39, 0.29) is 62.2 Å². The van der Waals surface area contributed by atoms with Crippen LogP contribution in [0.4, 0.5) is 4.79 Å². The molecule has 0 aliphatic rings. The summed E-state index contributed by atoms with van der Waals surface area (Å²) in [5.41, 5.74) is -0.758. The van der Waals surface area contributed by atoms with E-state index in [2.05, 4.69) is 97.0 Å². The van der Waals surface area contributed by atoms with Crippen LogP contribution in [-0.4, -0.2) is 131 Å². The fourth-order valence-corrected chi connectivity index (χ4v) is 23.1. The van der Waals surface area contributed by atoms with Crippen LogP contribution in [0, 0.1) is 0 Å². The van der Waals surface area contributed by atoms with E-state index in [1.165, 1.54) is 0 Å². The summed E-state index contributed by atoms with van der Waals surface area (Å²) in [6, 6.07) is 0. The van der Waals surface area contributed by atoms with E-state index in [0.717, 1.165) is 0 Å². The van der Waals surface area contributed by atoms with Crippen molar-refractivity contribution in [1.82, 2.24) is 5.32 Å². The summed E-state index contributed by atoms with van der Waals surface area (Å²) >= 11 is 0. The third-order valence-corrected chi connectivity index (χ3v) is 20.5. The van der Waals surface area contributed by atoms with E-state index in [0.29, 0.717) is 6.42 Å². The molecular formula is C36H77NO13Si6. The maximum atomic E-state index is 14.2. The van der Waals surface area contributed by atoms with Crippen molar-refractivity contribution in [2.75, 3.05) is 33.0 Å². The number of rotatable bonds is 28. The largest absolute Gasteiger partial charge is 0.509 e. The fourth-order valence-electron chi connectivity index (χ4n) is 6.07. The van der Waals surface area contributed by atoms with Gasteiger partial charge in [-0.15, -0.1) is 0 Å². The Morgan fingerprint density at radius 1 is 0.786 bits per heavy atom. The third-order valence-electron chi connectivity index (χ3n) is 7.21. The number of aliphatic hydroxyl groups is 1. The molecule has 2 N–H and O–H groups in total. The Hall–Kier alpha value is -1.29. The molecule has 0 spiro atoms. The minimum atomic E-state index is -3.31. The molecule has 0 aliphatic heterocycles. The normalized spacial score (nSPS) is 15.5. The predicted molar refractivity (Wildman–Crippen MR) is 236 cm³/mol. The smallest absolute Gasteiger partial charge is 0.393 e. The second-order valence-electron chi connectivity index (χ2n) is 18.6. The van der Waals surface area contributed by atoms with Crippen LogP contribution in [0.2, 0.25) is 90.7 Å². The van der Waals surface area contributed by atoms with Crippen molar-refractivity contribution in [1.29, 1.82) is 0 Å². The lowest BCUT2D eigenvalue weighted by atomic mass is 10.1. The summed E-state index contributed by atoms with van der Waals surface area (Å²) in [6.07, 6.45) is -1.11. The van der Waals surface area contributed by atoms with Crippen molar-refractivity contribution < 1.29 is 59.9 Å². The molecule has 328 valence electrons. The molecular weight excluding hydrogens is 823 g/mol. The van der Waals surface area contributed by atoms with Crippen molar-refractivity contribution in [2.45, 2.75) is 155 Å². The lowest BCUT2D eigenvalue weighted by Gasteiger charge is -2.44. The molecule has 56 heavy (non-hydrogen) atoms. The molecule has 0 fully saturated rings. The molecule has 0 bridgehead atoms. The van der Waals surface area contributed by atoms with Gasteiger partial charge in [-0.25, -0.2) is 14.4 Å². The van der Waals surface area contributed by atoms with Gasteiger partial charge in [0.15, 0.2) is 39.0 Å². The topological polar surface area (TPSA) is 167 Å². The first kappa shape index (κ1) is 54.7. The molecule has 14 nitrogen and oxygen atoms in total. The van der Waals surface area contributed by atoms with Gasteiger partial charge in [-0.05, 0) is 125 Å². The number of hydrogen-bond donors (Lipinski definition) is 2. The van der Waals surface area contributed by atoms with E-state index >= 15 is 0 Å². The lowest BCUT2D eigenvalue weighted by molar-refractivity contribution is -0.150. The van der Waals surface area contributed by atoms with E-state index < -0.39 is 87.2 Å². The number of nitrogens with one attached hydrogen (secondary N) is 1. The van der Waals surface area contributed by atoms with E-state index in [4.69, 9.17) is 40.5 Å². The number of amides is 1. The highest BCUT2D eigenvalue weighted by Crippen LogP contribution is 2.36. The lowest BCUT2D eigenvalue weighted by Crippen LogP contribution is -2.64. The summed E-state index contributed by atoms with van der Waals surface area (Å²) < 4.78 is 56.1. The number of hydrogen-bond acceptors (Lipinski definition) is 13. The number of carbonyl (C=O) groups excluding carboxylic acids is 3. The average Bonchev–Trinajstić information content (AvgIpc) is 2.97. The van der Waals surface area contributed by atoms with Gasteiger partial charge in [-0.3, -0.25) is 0 Å². The molecule has 0 saturated heterocycles. The molecule has 0 saturated carbocycles. The van der Waals surface area contributed by atoms with Crippen LogP contribution < -0.4 is 5.32 Å². The maximum absolute atomic E-state index is 14.2. The Kier molecular flexibility index (Phi) is 22.9. The standard InChI is InChI=1S/C36H77NO13Si6/c1-27(2)32(39)43-22-20-37-35(41)46-51-31(25-36(6,47-52(7,8)9)48-53(10,11)12)24-28(3)33(40)45-34(30(5)44-26-29(4)42-23-21-38)56(19,49-54(13,14)15)50-55(16,17)18/h29-31,34,38H,1,3,20-26,51H2,2,4-19H3,(H,37,41). The van der Waals surface area contributed by atoms with Crippen molar-refractivity contribution in [3.05, 3.63) is 24.3 Å². The molecule has 0 aromatic rings. The highest BCUT2D eigenvalue weighted by Gasteiger charge is 2.52. The van der Waals surface area contributed by atoms with Gasteiger partial charge in [0.25, 0.3) is 0 Å². The maximum Gasteiger partial charge on any atom is 0.393 e. The van der Waals surface area contributed by atoms with Gasteiger partial charge >= 0.3 is 26.6 Å². The molecule has 20 heteroatoms. The van der Waals surface area contributed by atoms with Gasteiger partial charge in [0, 0.05) is 17.6 Å². The van der Waals surface area contributed by atoms with Crippen molar-refractivity contribution >= 4 is 69.6 Å². The van der Waals surface area contributed by atoms with Crippen LogP contribution in [0.5, 0.6) is 0 Å². The number of aliphatic hydroxyl groups excluding tert-OH is 1. The van der Waals surface area contributed by atoms with Gasteiger partial charge < -0.3 is 50.9 Å². The van der Waals surface area contributed by atoms with Crippen LogP contribution in [0.1, 0.15) is 40.5 Å². The SMILES string of the molecule is C=C(C)C(=O)OCCNC(=O)O[SiH2]C(CC(=C)C(=O)OC(C(C)OCC(C)OCCO)[Si](C)(O[Si](C)(C)C)O[Si](C)(C)C)CC(C)(O[Si](C)(C)C)O[Si](C)(C)C. The van der Waals surface area contributed by atoms with Crippen LogP contribution in [0.15, 0.2) is 24.3 Å². The minimum absolute atomic E-state index is 0.0381. The quantitative estimate of drug-likeness (QED) is 0.0288.